The quantitative estimate of drug-likeness (QED) is 0.382. The van der Waals surface area contributed by atoms with Crippen molar-refractivity contribution in [2.45, 2.75) is 19.3 Å². The Hall–Kier alpha value is -2.22. The third-order valence-corrected chi connectivity index (χ3v) is 3.42. The summed E-state index contributed by atoms with van der Waals surface area (Å²) in [4.78, 5) is 0. The summed E-state index contributed by atoms with van der Waals surface area (Å²) in [6.07, 6.45) is -9.83. The Bertz CT molecular complexity index is 764. The first-order valence-corrected chi connectivity index (χ1v) is 7.20. The number of halogens is 7. The molecule has 2 nitrogen and oxygen atoms in total. The van der Waals surface area contributed by atoms with Crippen molar-refractivity contribution in [3.63, 3.8) is 0 Å². The molecule has 0 unspecified atom stereocenters. The van der Waals surface area contributed by atoms with Gasteiger partial charge < -0.3 is 0 Å². The van der Waals surface area contributed by atoms with Crippen LogP contribution in [0.25, 0.3) is 0 Å². The smallest absolute Gasteiger partial charge is 0.278 e. The lowest BCUT2D eigenvalue weighted by atomic mass is 10.1. The molecule has 1 N–H and O–H groups in total. The Labute approximate surface area is 144 Å². The Balaban J connectivity index is 2.37. The molecule has 0 bridgehead atoms. The van der Waals surface area contributed by atoms with Gasteiger partial charge in [-0.3, -0.25) is 5.43 Å². The van der Waals surface area contributed by atoms with E-state index < -0.39 is 29.2 Å². The van der Waals surface area contributed by atoms with Gasteiger partial charge in [-0.25, -0.2) is 0 Å². The van der Waals surface area contributed by atoms with Gasteiger partial charge in [-0.1, -0.05) is 23.7 Å². The fraction of sp³-hybridized carbons (Fsp3) is 0.188. The molecule has 0 radical (unpaired) electrons. The van der Waals surface area contributed by atoms with Crippen LogP contribution in [0.1, 0.15) is 23.6 Å². The van der Waals surface area contributed by atoms with Gasteiger partial charge in [0.1, 0.15) is 0 Å². The Morgan fingerprint density at radius 3 is 1.96 bits per heavy atom. The second-order valence-corrected chi connectivity index (χ2v) is 5.55. The van der Waals surface area contributed by atoms with Crippen LogP contribution in [0.5, 0.6) is 0 Å². The van der Waals surface area contributed by atoms with Crippen molar-refractivity contribution in [3.05, 3.63) is 64.2 Å². The standard InChI is InChI=1S/C16H11ClF6N2/c1-9(10-3-2-4-13(17)5-10)24-25-14-7-11(15(18,19)20)6-12(8-14)16(21,22)23/h2-8,25H,1H3/b24-9+. The lowest BCUT2D eigenvalue weighted by Crippen LogP contribution is -2.11. The first-order chi connectivity index (χ1) is 11.5. The van der Waals surface area contributed by atoms with Crippen molar-refractivity contribution >= 4 is 23.0 Å². The number of hydrazone groups is 1. The minimum Gasteiger partial charge on any atom is -0.278 e. The molecule has 9 heteroatoms. The molecule has 2 aromatic carbocycles. The van der Waals surface area contributed by atoms with Crippen molar-refractivity contribution in [2.24, 2.45) is 5.10 Å². The fourth-order valence-corrected chi connectivity index (χ4v) is 2.14. The molecule has 0 aliphatic carbocycles. The van der Waals surface area contributed by atoms with Crippen LogP contribution in [0.2, 0.25) is 5.02 Å². The molecule has 0 spiro atoms. The van der Waals surface area contributed by atoms with Crippen LogP contribution < -0.4 is 5.43 Å². The van der Waals surface area contributed by atoms with Gasteiger partial charge in [-0.2, -0.15) is 31.4 Å². The van der Waals surface area contributed by atoms with Crippen molar-refractivity contribution < 1.29 is 26.3 Å². The number of hydrogen-bond acceptors (Lipinski definition) is 2. The van der Waals surface area contributed by atoms with E-state index in [1.807, 2.05) is 0 Å². The van der Waals surface area contributed by atoms with E-state index >= 15 is 0 Å². The number of hydrogen-bond donors (Lipinski definition) is 1. The number of rotatable bonds is 3. The Morgan fingerprint density at radius 1 is 0.920 bits per heavy atom. The van der Waals surface area contributed by atoms with Crippen molar-refractivity contribution in [3.8, 4) is 0 Å². The zero-order chi connectivity index (χ0) is 18.8. The van der Waals surface area contributed by atoms with Gasteiger partial charge in [-0.15, -0.1) is 0 Å². The van der Waals surface area contributed by atoms with Gasteiger partial charge in [0.2, 0.25) is 0 Å². The molecule has 0 atom stereocenters. The molecule has 0 aliphatic rings. The average Bonchev–Trinajstić information content (AvgIpc) is 2.50. The number of nitrogens with zero attached hydrogens (tertiary/aromatic N) is 1. The number of alkyl halides is 6. The van der Waals surface area contributed by atoms with E-state index in [9.17, 15) is 26.3 Å². The van der Waals surface area contributed by atoms with Gasteiger partial charge in [0.05, 0.1) is 22.5 Å². The summed E-state index contributed by atoms with van der Waals surface area (Å²) in [5.74, 6) is 0. The molecule has 0 aliphatic heterocycles. The maximum Gasteiger partial charge on any atom is 0.416 e. The Morgan fingerprint density at radius 2 is 1.48 bits per heavy atom. The highest BCUT2D eigenvalue weighted by atomic mass is 35.5. The maximum absolute atomic E-state index is 12.8. The van der Waals surface area contributed by atoms with E-state index in [0.29, 0.717) is 28.4 Å². The summed E-state index contributed by atoms with van der Waals surface area (Å²) in [6.45, 7) is 1.54. The van der Waals surface area contributed by atoms with Crippen LogP contribution in [-0.2, 0) is 12.4 Å². The van der Waals surface area contributed by atoms with E-state index in [1.54, 1.807) is 24.3 Å². The second-order valence-electron chi connectivity index (χ2n) is 5.11. The molecule has 134 valence electrons. The molecule has 25 heavy (non-hydrogen) atoms. The summed E-state index contributed by atoms with van der Waals surface area (Å²) in [6, 6.07) is 7.65. The van der Waals surface area contributed by atoms with E-state index in [4.69, 9.17) is 11.6 Å². The monoisotopic (exact) mass is 380 g/mol. The van der Waals surface area contributed by atoms with Crippen molar-refractivity contribution in [1.82, 2.24) is 0 Å². The molecule has 2 rings (SSSR count). The van der Waals surface area contributed by atoms with E-state index in [0.717, 1.165) is 0 Å². The zero-order valence-corrected chi connectivity index (χ0v) is 13.4. The lowest BCUT2D eigenvalue weighted by molar-refractivity contribution is -0.143. The lowest BCUT2D eigenvalue weighted by Gasteiger charge is -2.14. The summed E-state index contributed by atoms with van der Waals surface area (Å²) in [5.41, 5.74) is -0.114. The highest BCUT2D eigenvalue weighted by Gasteiger charge is 2.36. The third-order valence-electron chi connectivity index (χ3n) is 3.18. The SMILES string of the molecule is C/C(=N\Nc1cc(C(F)(F)F)cc(C(F)(F)F)c1)c1cccc(Cl)c1. The van der Waals surface area contributed by atoms with Crippen LogP contribution in [0.4, 0.5) is 32.0 Å². The first-order valence-electron chi connectivity index (χ1n) is 6.82. The van der Waals surface area contributed by atoms with Crippen molar-refractivity contribution in [1.29, 1.82) is 0 Å². The van der Waals surface area contributed by atoms with E-state index in [-0.39, 0.29) is 6.07 Å². The molecule has 0 fully saturated rings. The topological polar surface area (TPSA) is 24.4 Å². The number of nitrogens with one attached hydrogen (secondary N) is 1. The van der Waals surface area contributed by atoms with Gasteiger partial charge in [0.15, 0.2) is 0 Å². The molecule has 0 heterocycles. The van der Waals surface area contributed by atoms with Gasteiger partial charge in [0, 0.05) is 5.02 Å². The molecular weight excluding hydrogens is 370 g/mol. The first kappa shape index (κ1) is 19.1. The van der Waals surface area contributed by atoms with Crippen molar-refractivity contribution in [2.75, 3.05) is 5.43 Å². The number of anilines is 1. The van der Waals surface area contributed by atoms with Gasteiger partial charge in [-0.05, 0) is 42.8 Å². The molecule has 0 saturated heterocycles. The van der Waals surface area contributed by atoms with Gasteiger partial charge >= 0.3 is 12.4 Å². The minimum atomic E-state index is -4.91. The van der Waals surface area contributed by atoms with E-state index in [1.165, 1.54) is 6.92 Å². The third kappa shape index (κ3) is 5.12. The maximum atomic E-state index is 12.8. The summed E-state index contributed by atoms with van der Waals surface area (Å²) < 4.78 is 76.8. The predicted octanol–water partition coefficient (Wildman–Crippen LogP) is 6.21. The largest absolute Gasteiger partial charge is 0.416 e. The van der Waals surface area contributed by atoms with E-state index in [2.05, 4.69) is 10.5 Å². The molecule has 0 aromatic heterocycles. The van der Waals surface area contributed by atoms with Crippen LogP contribution in [0.15, 0.2) is 47.6 Å². The van der Waals surface area contributed by atoms with Crippen LogP contribution in [0, 0.1) is 0 Å². The predicted molar refractivity (Wildman–Crippen MR) is 83.7 cm³/mol. The fourth-order valence-electron chi connectivity index (χ4n) is 1.95. The van der Waals surface area contributed by atoms with Crippen LogP contribution in [0.3, 0.4) is 0 Å². The second kappa shape index (κ2) is 6.95. The highest BCUT2D eigenvalue weighted by molar-refractivity contribution is 6.31. The zero-order valence-electron chi connectivity index (χ0n) is 12.6. The molecule has 0 amide bonds. The average molecular weight is 381 g/mol. The normalized spacial score (nSPS) is 13.0. The Kier molecular flexibility index (Phi) is 5.31. The number of benzene rings is 2. The molecule has 0 saturated carbocycles. The minimum absolute atomic E-state index is 0.0543. The summed E-state index contributed by atoms with van der Waals surface area (Å²) >= 11 is 5.82. The van der Waals surface area contributed by atoms with Gasteiger partial charge in [0.25, 0.3) is 0 Å². The summed E-state index contributed by atoms with van der Waals surface area (Å²) in [7, 11) is 0. The van der Waals surface area contributed by atoms with Crippen LogP contribution in [-0.4, -0.2) is 5.71 Å². The summed E-state index contributed by atoms with van der Waals surface area (Å²) in [5, 5.41) is 4.25. The van der Waals surface area contributed by atoms with Crippen LogP contribution >= 0.6 is 11.6 Å². The molecular formula is C16H11ClF6N2. The molecule has 2 aromatic rings. The highest BCUT2D eigenvalue weighted by Crippen LogP contribution is 2.37.